The van der Waals surface area contributed by atoms with Crippen LogP contribution in [0.2, 0.25) is 0 Å². The molecule has 6 nitrogen and oxygen atoms in total. The monoisotopic (exact) mass is 294 g/mol. The van der Waals surface area contributed by atoms with Gasteiger partial charge >= 0.3 is 0 Å². The first-order chi connectivity index (χ1) is 10.0. The van der Waals surface area contributed by atoms with Gasteiger partial charge in [0.25, 0.3) is 5.91 Å². The minimum Gasteiger partial charge on any atom is -0.497 e. The van der Waals surface area contributed by atoms with Gasteiger partial charge < -0.3 is 20.3 Å². The van der Waals surface area contributed by atoms with Crippen LogP contribution in [-0.2, 0) is 16.1 Å². The van der Waals surface area contributed by atoms with Gasteiger partial charge in [0, 0.05) is 12.1 Å². The molecule has 0 aliphatic rings. The van der Waals surface area contributed by atoms with Crippen molar-refractivity contribution >= 4 is 11.8 Å². The molecular formula is C15H24N3O3+. The third-order valence-corrected chi connectivity index (χ3v) is 2.92. The second-order valence-corrected chi connectivity index (χ2v) is 4.89. The molecule has 1 unspecified atom stereocenters. The van der Waals surface area contributed by atoms with Crippen molar-refractivity contribution in [2.45, 2.75) is 13.5 Å². The van der Waals surface area contributed by atoms with Crippen LogP contribution in [0, 0.1) is 0 Å². The van der Waals surface area contributed by atoms with E-state index in [1.54, 1.807) is 7.11 Å². The van der Waals surface area contributed by atoms with Gasteiger partial charge in [-0.25, -0.2) is 0 Å². The molecule has 3 N–H and O–H groups in total. The van der Waals surface area contributed by atoms with Gasteiger partial charge in [0.2, 0.25) is 5.91 Å². The lowest BCUT2D eigenvalue weighted by atomic mass is 10.2. The summed E-state index contributed by atoms with van der Waals surface area (Å²) >= 11 is 0. The maximum atomic E-state index is 11.7. The van der Waals surface area contributed by atoms with Gasteiger partial charge in [-0.3, -0.25) is 9.59 Å². The number of rotatable bonds is 8. The van der Waals surface area contributed by atoms with Crippen LogP contribution < -0.4 is 20.3 Å². The van der Waals surface area contributed by atoms with Gasteiger partial charge in [-0.05, 0) is 19.1 Å². The standard InChI is InChI=1S/C15H23N3O3/c1-4-16-14(19)9-17-15(20)11-18(2)10-12-6-5-7-13(8-12)21-3/h5-8H,4,9-11H2,1-3H3,(H,16,19)(H,17,20)/p+1. The molecule has 116 valence electrons. The van der Waals surface area contributed by atoms with Crippen molar-refractivity contribution in [3.05, 3.63) is 29.8 Å². The van der Waals surface area contributed by atoms with E-state index in [9.17, 15) is 9.59 Å². The zero-order valence-corrected chi connectivity index (χ0v) is 12.9. The molecule has 6 heteroatoms. The first-order valence-electron chi connectivity index (χ1n) is 7.02. The van der Waals surface area contributed by atoms with E-state index in [4.69, 9.17) is 4.74 Å². The summed E-state index contributed by atoms with van der Waals surface area (Å²) < 4.78 is 5.17. The first-order valence-corrected chi connectivity index (χ1v) is 7.02. The largest absolute Gasteiger partial charge is 0.497 e. The van der Waals surface area contributed by atoms with Gasteiger partial charge in [0.1, 0.15) is 12.3 Å². The van der Waals surface area contributed by atoms with E-state index in [0.29, 0.717) is 19.6 Å². The maximum Gasteiger partial charge on any atom is 0.275 e. The molecule has 0 aromatic heterocycles. The van der Waals surface area contributed by atoms with E-state index in [1.807, 2.05) is 38.2 Å². The van der Waals surface area contributed by atoms with Crippen molar-refractivity contribution in [1.82, 2.24) is 10.6 Å². The first kappa shape index (κ1) is 17.0. The zero-order valence-electron chi connectivity index (χ0n) is 12.9. The topological polar surface area (TPSA) is 71.9 Å². The number of carbonyl (C=O) groups excluding carboxylic acids is 2. The number of carbonyl (C=O) groups is 2. The van der Waals surface area contributed by atoms with Crippen molar-refractivity contribution < 1.29 is 19.2 Å². The van der Waals surface area contributed by atoms with Gasteiger partial charge in [-0.15, -0.1) is 0 Å². The van der Waals surface area contributed by atoms with Crippen molar-refractivity contribution in [3.8, 4) is 5.75 Å². The lowest BCUT2D eigenvalue weighted by Gasteiger charge is -2.14. The fraction of sp³-hybridized carbons (Fsp3) is 0.467. The molecule has 0 spiro atoms. The predicted octanol–water partition coefficient (Wildman–Crippen LogP) is -1.04. The molecule has 21 heavy (non-hydrogen) atoms. The predicted molar refractivity (Wildman–Crippen MR) is 80.1 cm³/mol. The Morgan fingerprint density at radius 2 is 2.00 bits per heavy atom. The molecule has 1 aromatic rings. The van der Waals surface area contributed by atoms with Gasteiger partial charge in [-0.1, -0.05) is 12.1 Å². The second kappa shape index (κ2) is 8.97. The van der Waals surface area contributed by atoms with E-state index in [0.717, 1.165) is 16.2 Å². The summed E-state index contributed by atoms with van der Waals surface area (Å²) in [6.45, 7) is 3.46. The van der Waals surface area contributed by atoms with Gasteiger partial charge in [-0.2, -0.15) is 0 Å². The average Bonchev–Trinajstić information content (AvgIpc) is 2.45. The number of likely N-dealkylation sites (N-methyl/N-ethyl adjacent to an activating group) is 2. The molecule has 1 rings (SSSR count). The second-order valence-electron chi connectivity index (χ2n) is 4.89. The van der Waals surface area contributed by atoms with Crippen LogP contribution in [0.1, 0.15) is 12.5 Å². The summed E-state index contributed by atoms with van der Waals surface area (Å²) in [5, 5.41) is 5.24. The highest BCUT2D eigenvalue weighted by Gasteiger charge is 2.11. The molecule has 1 atom stereocenters. The highest BCUT2D eigenvalue weighted by atomic mass is 16.5. The smallest absolute Gasteiger partial charge is 0.275 e. The maximum absolute atomic E-state index is 11.7. The van der Waals surface area contributed by atoms with Crippen LogP contribution in [0.3, 0.4) is 0 Å². The molecule has 1 aromatic carbocycles. The third kappa shape index (κ3) is 6.76. The van der Waals surface area contributed by atoms with Crippen molar-refractivity contribution in [2.24, 2.45) is 0 Å². The molecule has 2 amide bonds. The third-order valence-electron chi connectivity index (χ3n) is 2.92. The Kier molecular flexibility index (Phi) is 7.25. The molecule has 0 fully saturated rings. The summed E-state index contributed by atoms with van der Waals surface area (Å²) in [4.78, 5) is 24.0. The Morgan fingerprint density at radius 1 is 1.24 bits per heavy atom. The number of amides is 2. The van der Waals surface area contributed by atoms with E-state index in [1.165, 1.54) is 0 Å². The van der Waals surface area contributed by atoms with Crippen molar-refractivity contribution in [2.75, 3.05) is 33.8 Å². The average molecular weight is 294 g/mol. The Bertz CT molecular complexity index is 477. The minimum atomic E-state index is -0.170. The highest BCUT2D eigenvalue weighted by molar-refractivity contribution is 5.84. The van der Waals surface area contributed by atoms with Gasteiger partial charge in [0.15, 0.2) is 6.54 Å². The number of quaternary nitrogens is 1. The highest BCUT2D eigenvalue weighted by Crippen LogP contribution is 2.11. The number of benzene rings is 1. The quantitative estimate of drug-likeness (QED) is 0.574. The molecule has 0 heterocycles. The fourth-order valence-electron chi connectivity index (χ4n) is 1.97. The Morgan fingerprint density at radius 3 is 2.67 bits per heavy atom. The Balaban J connectivity index is 2.36. The van der Waals surface area contributed by atoms with Crippen LogP contribution >= 0.6 is 0 Å². The van der Waals surface area contributed by atoms with Crippen LogP contribution in [0.4, 0.5) is 0 Å². The molecule has 0 radical (unpaired) electrons. The van der Waals surface area contributed by atoms with E-state index >= 15 is 0 Å². The van der Waals surface area contributed by atoms with E-state index < -0.39 is 0 Å². The number of ether oxygens (including phenoxy) is 1. The Labute approximate surface area is 125 Å². The van der Waals surface area contributed by atoms with Gasteiger partial charge in [0.05, 0.1) is 20.7 Å². The summed E-state index contributed by atoms with van der Waals surface area (Å²) in [5.41, 5.74) is 1.10. The van der Waals surface area contributed by atoms with E-state index in [2.05, 4.69) is 10.6 Å². The normalized spacial score (nSPS) is 11.6. The summed E-state index contributed by atoms with van der Waals surface area (Å²) in [7, 11) is 3.57. The zero-order chi connectivity index (χ0) is 15.7. The van der Waals surface area contributed by atoms with Crippen LogP contribution in [0.15, 0.2) is 24.3 Å². The molecule has 0 saturated heterocycles. The molecule has 0 bridgehead atoms. The molecule has 0 aliphatic heterocycles. The van der Waals surface area contributed by atoms with Crippen LogP contribution in [0.5, 0.6) is 5.75 Å². The van der Waals surface area contributed by atoms with Crippen molar-refractivity contribution in [1.29, 1.82) is 0 Å². The van der Waals surface area contributed by atoms with Crippen molar-refractivity contribution in [3.63, 3.8) is 0 Å². The Hall–Kier alpha value is -2.08. The molecule has 0 saturated carbocycles. The molecule has 0 aliphatic carbocycles. The summed E-state index contributed by atoms with van der Waals surface area (Å²) in [6, 6.07) is 7.77. The number of hydrogen-bond donors (Lipinski definition) is 3. The number of methoxy groups -OCH3 is 1. The van der Waals surface area contributed by atoms with Crippen LogP contribution in [0.25, 0.3) is 0 Å². The minimum absolute atomic E-state index is 0.0269. The summed E-state index contributed by atoms with van der Waals surface area (Å²) in [5.74, 6) is 0.499. The van der Waals surface area contributed by atoms with Crippen LogP contribution in [-0.4, -0.2) is 45.6 Å². The van der Waals surface area contributed by atoms with E-state index in [-0.39, 0.29) is 18.4 Å². The summed E-state index contributed by atoms with van der Waals surface area (Å²) in [6.07, 6.45) is 0. The lowest BCUT2D eigenvalue weighted by molar-refractivity contribution is -0.885. The number of nitrogens with one attached hydrogen (secondary N) is 3. The number of hydrogen-bond acceptors (Lipinski definition) is 3. The molecular weight excluding hydrogens is 270 g/mol. The SMILES string of the molecule is CCNC(=O)CNC(=O)C[NH+](C)Cc1cccc(OC)c1. The fourth-order valence-corrected chi connectivity index (χ4v) is 1.97. The lowest BCUT2D eigenvalue weighted by Crippen LogP contribution is -3.08.